The van der Waals surface area contributed by atoms with Gasteiger partial charge in [-0.05, 0) is 39.0 Å². The number of alkyl carbamates (subject to hydrolysis) is 1. The Morgan fingerprint density at radius 1 is 1.32 bits per heavy atom. The predicted molar refractivity (Wildman–Crippen MR) is 82.7 cm³/mol. The molecule has 2 amide bonds. The van der Waals surface area contributed by atoms with E-state index in [4.69, 9.17) is 9.57 Å². The smallest absolute Gasteiger partial charge is 0.416 e. The van der Waals surface area contributed by atoms with Crippen LogP contribution in [-0.2, 0) is 20.5 Å². The summed E-state index contributed by atoms with van der Waals surface area (Å²) in [6.07, 6.45) is -6.34. The van der Waals surface area contributed by atoms with Crippen LogP contribution in [0.25, 0.3) is 0 Å². The molecule has 1 unspecified atom stereocenters. The molecule has 0 radical (unpaired) electrons. The number of anilines is 1. The Morgan fingerprint density at radius 3 is 2.60 bits per heavy atom. The number of alkyl halides is 3. The Morgan fingerprint density at radius 2 is 2.00 bits per heavy atom. The van der Waals surface area contributed by atoms with Gasteiger partial charge in [-0.2, -0.15) is 18.2 Å². The molecule has 0 aliphatic carbocycles. The Hall–Kier alpha value is -2.29. The van der Waals surface area contributed by atoms with Crippen LogP contribution < -0.4 is 10.4 Å². The number of halogens is 3. The maximum absolute atomic E-state index is 12.8. The third-order valence-corrected chi connectivity index (χ3v) is 3.21. The molecule has 2 rings (SSSR count). The average molecular weight is 360 g/mol. The van der Waals surface area contributed by atoms with Crippen molar-refractivity contribution in [2.75, 3.05) is 11.7 Å². The third-order valence-electron chi connectivity index (χ3n) is 3.21. The van der Waals surface area contributed by atoms with E-state index in [0.717, 1.165) is 17.2 Å². The van der Waals surface area contributed by atoms with Gasteiger partial charge in [-0.3, -0.25) is 9.63 Å². The van der Waals surface area contributed by atoms with Crippen LogP contribution in [0.2, 0.25) is 0 Å². The highest BCUT2D eigenvalue weighted by Crippen LogP contribution is 2.32. The number of hydrogen-bond donors (Lipinski definition) is 1. The Bertz CT molecular complexity index is 656. The van der Waals surface area contributed by atoms with Crippen LogP contribution in [0.3, 0.4) is 0 Å². The molecule has 9 heteroatoms. The quantitative estimate of drug-likeness (QED) is 0.879. The van der Waals surface area contributed by atoms with Gasteiger partial charge < -0.3 is 10.1 Å². The maximum Gasteiger partial charge on any atom is 0.416 e. The standard InChI is InChI=1S/C16H19F3N2O4/c1-15(2,3)20-14(23)25-12-7-8-24-21(13(12)22)11-6-4-5-10(9-11)16(17,18)19/h4-6,9,12H,7-8H2,1-3H3,(H,20,23). The second kappa shape index (κ2) is 6.91. The Labute approximate surface area is 142 Å². The van der Waals surface area contributed by atoms with Crippen molar-refractivity contribution in [2.24, 2.45) is 0 Å². The van der Waals surface area contributed by atoms with Gasteiger partial charge in [-0.25, -0.2) is 4.79 Å². The van der Waals surface area contributed by atoms with Gasteiger partial charge in [-0.15, -0.1) is 0 Å². The van der Waals surface area contributed by atoms with Gasteiger partial charge in [0.05, 0.1) is 17.9 Å². The number of carbonyl (C=O) groups excluding carboxylic acids is 2. The van der Waals surface area contributed by atoms with Crippen molar-refractivity contribution in [1.82, 2.24) is 5.32 Å². The Kier molecular flexibility index (Phi) is 5.26. The van der Waals surface area contributed by atoms with E-state index >= 15 is 0 Å². The SMILES string of the molecule is CC(C)(C)NC(=O)OC1CCON(c2cccc(C(F)(F)F)c2)C1=O. The van der Waals surface area contributed by atoms with E-state index in [1.807, 2.05) is 0 Å². The fraction of sp³-hybridized carbons (Fsp3) is 0.500. The number of hydrogen-bond acceptors (Lipinski definition) is 4. The number of carbonyl (C=O) groups is 2. The van der Waals surface area contributed by atoms with Crippen molar-refractivity contribution in [2.45, 2.75) is 45.0 Å². The zero-order chi connectivity index (χ0) is 18.8. The van der Waals surface area contributed by atoms with Gasteiger partial charge in [0.2, 0.25) is 0 Å². The molecule has 1 heterocycles. The lowest BCUT2D eigenvalue weighted by Gasteiger charge is -2.31. The summed E-state index contributed by atoms with van der Waals surface area (Å²) in [5.74, 6) is -0.741. The predicted octanol–water partition coefficient (Wildman–Crippen LogP) is 3.27. The fourth-order valence-electron chi connectivity index (χ4n) is 2.15. The fourth-order valence-corrected chi connectivity index (χ4v) is 2.15. The van der Waals surface area contributed by atoms with Crippen molar-refractivity contribution >= 4 is 17.7 Å². The van der Waals surface area contributed by atoms with Crippen molar-refractivity contribution in [3.63, 3.8) is 0 Å². The lowest BCUT2D eigenvalue weighted by Crippen LogP contribution is -2.50. The summed E-state index contributed by atoms with van der Waals surface area (Å²) in [5.41, 5.74) is -1.54. The van der Waals surface area contributed by atoms with Crippen molar-refractivity contribution in [3.8, 4) is 0 Å². The molecular formula is C16H19F3N2O4. The second-order valence-electron chi connectivity index (χ2n) is 6.57. The molecule has 1 N–H and O–H groups in total. The molecule has 0 saturated carbocycles. The van der Waals surface area contributed by atoms with Gasteiger partial charge in [0, 0.05) is 12.0 Å². The van der Waals surface area contributed by atoms with Gasteiger partial charge >= 0.3 is 12.3 Å². The van der Waals surface area contributed by atoms with E-state index in [0.29, 0.717) is 0 Å². The molecule has 25 heavy (non-hydrogen) atoms. The van der Waals surface area contributed by atoms with Crippen LogP contribution in [0.4, 0.5) is 23.7 Å². The molecule has 0 spiro atoms. The molecule has 1 atom stereocenters. The molecule has 6 nitrogen and oxygen atoms in total. The summed E-state index contributed by atoms with van der Waals surface area (Å²) < 4.78 is 43.5. The summed E-state index contributed by atoms with van der Waals surface area (Å²) in [7, 11) is 0. The zero-order valence-corrected chi connectivity index (χ0v) is 14.0. The lowest BCUT2D eigenvalue weighted by molar-refractivity contribution is -0.142. The number of ether oxygens (including phenoxy) is 1. The summed E-state index contributed by atoms with van der Waals surface area (Å²) in [5, 5.41) is 3.28. The minimum Gasteiger partial charge on any atom is -0.436 e. The van der Waals surface area contributed by atoms with E-state index in [1.165, 1.54) is 12.1 Å². The lowest BCUT2D eigenvalue weighted by atomic mass is 10.1. The van der Waals surface area contributed by atoms with E-state index in [1.54, 1.807) is 20.8 Å². The summed E-state index contributed by atoms with van der Waals surface area (Å²) in [6, 6.07) is 4.18. The van der Waals surface area contributed by atoms with Gasteiger partial charge in [-0.1, -0.05) is 6.07 Å². The number of nitrogens with one attached hydrogen (secondary N) is 1. The van der Waals surface area contributed by atoms with E-state index in [-0.39, 0.29) is 18.7 Å². The molecule has 138 valence electrons. The Balaban J connectivity index is 2.13. The minimum atomic E-state index is -4.54. The van der Waals surface area contributed by atoms with E-state index in [9.17, 15) is 22.8 Å². The number of nitrogens with zero attached hydrogens (tertiary/aromatic N) is 1. The molecule has 1 aromatic rings. The van der Waals surface area contributed by atoms with Gasteiger partial charge in [0.1, 0.15) is 0 Å². The highest BCUT2D eigenvalue weighted by molar-refractivity contribution is 5.96. The largest absolute Gasteiger partial charge is 0.436 e. The van der Waals surface area contributed by atoms with Crippen LogP contribution in [0.15, 0.2) is 24.3 Å². The van der Waals surface area contributed by atoms with Crippen LogP contribution in [-0.4, -0.2) is 30.3 Å². The number of hydroxylamine groups is 1. The first-order chi connectivity index (χ1) is 11.5. The summed E-state index contributed by atoms with van der Waals surface area (Å²) >= 11 is 0. The minimum absolute atomic E-state index is 0.0233. The summed E-state index contributed by atoms with van der Waals surface area (Å²) in [4.78, 5) is 29.4. The third kappa shape index (κ3) is 5.09. The molecule has 1 aliphatic rings. The monoisotopic (exact) mass is 360 g/mol. The van der Waals surface area contributed by atoms with Crippen LogP contribution in [0.5, 0.6) is 0 Å². The number of rotatable bonds is 2. The van der Waals surface area contributed by atoms with Crippen LogP contribution >= 0.6 is 0 Å². The van der Waals surface area contributed by atoms with Crippen molar-refractivity contribution in [3.05, 3.63) is 29.8 Å². The highest BCUT2D eigenvalue weighted by Gasteiger charge is 2.36. The zero-order valence-electron chi connectivity index (χ0n) is 14.0. The first-order valence-corrected chi connectivity index (χ1v) is 7.60. The van der Waals surface area contributed by atoms with Crippen molar-refractivity contribution < 1.29 is 32.3 Å². The molecule has 1 saturated heterocycles. The molecule has 0 bridgehead atoms. The summed E-state index contributed by atoms with van der Waals surface area (Å²) in [6.45, 7) is 5.26. The van der Waals surface area contributed by atoms with E-state index in [2.05, 4.69) is 5.32 Å². The molecule has 1 fully saturated rings. The first-order valence-electron chi connectivity index (χ1n) is 7.60. The van der Waals surface area contributed by atoms with Crippen LogP contribution in [0, 0.1) is 0 Å². The van der Waals surface area contributed by atoms with E-state index < -0.39 is 35.4 Å². The molecular weight excluding hydrogens is 341 g/mol. The first kappa shape index (κ1) is 19.0. The molecule has 1 aliphatic heterocycles. The van der Waals surface area contributed by atoms with Crippen LogP contribution in [0.1, 0.15) is 32.8 Å². The van der Waals surface area contributed by atoms with Gasteiger partial charge in [0.15, 0.2) is 6.10 Å². The molecule has 1 aromatic carbocycles. The number of amides is 2. The second-order valence-corrected chi connectivity index (χ2v) is 6.57. The van der Waals surface area contributed by atoms with Gasteiger partial charge in [0.25, 0.3) is 5.91 Å². The molecule has 0 aromatic heterocycles. The number of benzene rings is 1. The average Bonchev–Trinajstić information content (AvgIpc) is 2.47. The maximum atomic E-state index is 12.8. The topological polar surface area (TPSA) is 67.9 Å². The van der Waals surface area contributed by atoms with Crippen molar-refractivity contribution in [1.29, 1.82) is 0 Å². The highest BCUT2D eigenvalue weighted by atomic mass is 19.4. The normalized spacial score (nSPS) is 18.9.